The van der Waals surface area contributed by atoms with Crippen molar-refractivity contribution in [1.29, 1.82) is 0 Å². The number of morpholine rings is 1. The van der Waals surface area contributed by atoms with E-state index in [0.29, 0.717) is 63.9 Å². The van der Waals surface area contributed by atoms with Gasteiger partial charge in [0.1, 0.15) is 0 Å². The Kier molecular flexibility index (Phi) is 6.47. The molecule has 0 bridgehead atoms. The topological polar surface area (TPSA) is 75.9 Å². The van der Waals surface area contributed by atoms with E-state index in [1.54, 1.807) is 6.20 Å². The minimum atomic E-state index is -0.101. The van der Waals surface area contributed by atoms with Gasteiger partial charge in [0.15, 0.2) is 11.7 Å². The molecule has 2 aliphatic rings. The maximum atomic E-state index is 12.8. The van der Waals surface area contributed by atoms with Crippen LogP contribution < -0.4 is 0 Å². The molecule has 2 aromatic rings. The van der Waals surface area contributed by atoms with Gasteiger partial charge in [0.2, 0.25) is 11.8 Å². The fraction of sp³-hybridized carbons (Fsp3) is 0.522. The second-order valence-electron chi connectivity index (χ2n) is 8.10. The van der Waals surface area contributed by atoms with E-state index in [9.17, 15) is 9.59 Å². The Hall–Kier alpha value is -2.67. The predicted molar refractivity (Wildman–Crippen MR) is 112 cm³/mol. The van der Waals surface area contributed by atoms with Gasteiger partial charge in [0.25, 0.3) is 0 Å². The van der Waals surface area contributed by atoms with Gasteiger partial charge >= 0.3 is 0 Å². The molecule has 7 heteroatoms. The van der Waals surface area contributed by atoms with Crippen molar-refractivity contribution < 1.29 is 18.7 Å². The fourth-order valence-electron chi connectivity index (χ4n) is 4.10. The average molecular weight is 412 g/mol. The molecular weight excluding hydrogens is 382 g/mol. The number of oxazole rings is 1. The Morgan fingerprint density at radius 2 is 1.87 bits per heavy atom. The van der Waals surface area contributed by atoms with Crippen LogP contribution in [0.25, 0.3) is 11.3 Å². The van der Waals surface area contributed by atoms with E-state index in [0.717, 1.165) is 18.4 Å². The first-order valence-corrected chi connectivity index (χ1v) is 10.8. The lowest BCUT2D eigenvalue weighted by Crippen LogP contribution is -2.49. The lowest BCUT2D eigenvalue weighted by atomic mass is 9.96. The maximum absolute atomic E-state index is 12.8. The summed E-state index contributed by atoms with van der Waals surface area (Å²) in [5.41, 5.74) is 2.17. The summed E-state index contributed by atoms with van der Waals surface area (Å²) in [5, 5.41) is 0. The standard InChI is InChI=1S/C23H29N3O4/c1-17-4-6-18(7-5-17)20-15-24-21(30-20)8-9-22(27)26-10-2-3-19(16-26)23(28)25-11-13-29-14-12-25/h4-7,15,19H,2-3,8-14,16H2,1H3. The first-order valence-electron chi connectivity index (χ1n) is 10.8. The van der Waals surface area contributed by atoms with Gasteiger partial charge in [-0.3, -0.25) is 9.59 Å². The number of piperidine rings is 1. The van der Waals surface area contributed by atoms with Crippen molar-refractivity contribution in [1.82, 2.24) is 14.8 Å². The first kappa shape index (κ1) is 20.6. The number of nitrogens with zero attached hydrogens (tertiary/aromatic N) is 3. The highest BCUT2D eigenvalue weighted by atomic mass is 16.5. The van der Waals surface area contributed by atoms with E-state index in [4.69, 9.17) is 9.15 Å². The molecule has 1 atom stereocenters. The third-order valence-corrected chi connectivity index (χ3v) is 5.89. The number of ether oxygens (including phenoxy) is 1. The van der Waals surface area contributed by atoms with Crippen molar-refractivity contribution in [3.8, 4) is 11.3 Å². The number of carbonyl (C=O) groups is 2. The highest BCUT2D eigenvalue weighted by Gasteiger charge is 2.31. The maximum Gasteiger partial charge on any atom is 0.227 e. The van der Waals surface area contributed by atoms with Crippen LogP contribution in [0.1, 0.15) is 30.7 Å². The van der Waals surface area contributed by atoms with E-state index in [1.807, 2.05) is 41.0 Å². The Balaban J connectivity index is 1.29. The van der Waals surface area contributed by atoms with E-state index in [1.165, 1.54) is 5.56 Å². The molecule has 4 rings (SSSR count). The molecule has 0 aliphatic carbocycles. The van der Waals surface area contributed by atoms with Crippen LogP contribution in [0.4, 0.5) is 0 Å². The van der Waals surface area contributed by atoms with Gasteiger partial charge < -0.3 is 19.0 Å². The molecular formula is C23H29N3O4. The van der Waals surface area contributed by atoms with Crippen molar-refractivity contribution in [2.24, 2.45) is 5.92 Å². The van der Waals surface area contributed by atoms with Crippen molar-refractivity contribution >= 4 is 11.8 Å². The quantitative estimate of drug-likeness (QED) is 0.756. The molecule has 1 aromatic carbocycles. The zero-order chi connectivity index (χ0) is 20.9. The number of carbonyl (C=O) groups excluding carboxylic acids is 2. The van der Waals surface area contributed by atoms with Crippen LogP contribution >= 0.6 is 0 Å². The summed E-state index contributed by atoms with van der Waals surface area (Å²) in [6, 6.07) is 8.08. The van der Waals surface area contributed by atoms with Gasteiger partial charge in [0, 0.05) is 44.6 Å². The average Bonchev–Trinajstić information content (AvgIpc) is 3.27. The zero-order valence-electron chi connectivity index (χ0n) is 17.5. The second-order valence-corrected chi connectivity index (χ2v) is 8.10. The Bertz CT molecular complexity index is 871. The number of likely N-dealkylation sites (tertiary alicyclic amines) is 1. The van der Waals surface area contributed by atoms with Crippen LogP contribution in [-0.4, -0.2) is 66.0 Å². The van der Waals surface area contributed by atoms with Gasteiger partial charge in [-0.15, -0.1) is 0 Å². The van der Waals surface area contributed by atoms with Crippen LogP contribution in [0.2, 0.25) is 0 Å². The van der Waals surface area contributed by atoms with Gasteiger partial charge in [-0.05, 0) is 19.8 Å². The summed E-state index contributed by atoms with van der Waals surface area (Å²) in [5.74, 6) is 1.40. The molecule has 2 fully saturated rings. The summed E-state index contributed by atoms with van der Waals surface area (Å²) in [7, 11) is 0. The molecule has 0 saturated carbocycles. The Labute approximate surface area is 177 Å². The van der Waals surface area contributed by atoms with E-state index >= 15 is 0 Å². The molecule has 3 heterocycles. The fourth-order valence-corrected chi connectivity index (χ4v) is 4.10. The van der Waals surface area contributed by atoms with Crippen molar-refractivity contribution in [2.45, 2.75) is 32.6 Å². The van der Waals surface area contributed by atoms with E-state index in [2.05, 4.69) is 4.98 Å². The molecule has 160 valence electrons. The summed E-state index contributed by atoms with van der Waals surface area (Å²) < 4.78 is 11.2. The molecule has 0 radical (unpaired) electrons. The number of hydrogen-bond acceptors (Lipinski definition) is 5. The second kappa shape index (κ2) is 9.43. The normalized spacial score (nSPS) is 19.7. The lowest BCUT2D eigenvalue weighted by Gasteiger charge is -2.36. The van der Waals surface area contributed by atoms with E-state index in [-0.39, 0.29) is 17.7 Å². The van der Waals surface area contributed by atoms with Crippen molar-refractivity contribution in [2.75, 3.05) is 39.4 Å². The number of hydrogen-bond donors (Lipinski definition) is 0. The van der Waals surface area contributed by atoms with Crippen LogP contribution in [0.3, 0.4) is 0 Å². The SMILES string of the molecule is Cc1ccc(-c2cnc(CCC(=O)N3CCCC(C(=O)N4CCOCC4)C3)o2)cc1. The minimum absolute atomic E-state index is 0.0598. The van der Waals surface area contributed by atoms with Crippen molar-refractivity contribution in [3.63, 3.8) is 0 Å². The molecule has 1 unspecified atom stereocenters. The highest BCUT2D eigenvalue weighted by molar-refractivity contribution is 5.81. The van der Waals surface area contributed by atoms with E-state index < -0.39 is 0 Å². The van der Waals surface area contributed by atoms with Crippen molar-refractivity contribution in [3.05, 3.63) is 41.9 Å². The number of aromatic nitrogens is 1. The van der Waals surface area contributed by atoms with Crippen LogP contribution in [-0.2, 0) is 20.7 Å². The number of rotatable bonds is 5. The molecule has 0 spiro atoms. The number of benzene rings is 1. The third-order valence-electron chi connectivity index (χ3n) is 5.89. The number of amides is 2. The highest BCUT2D eigenvalue weighted by Crippen LogP contribution is 2.23. The van der Waals surface area contributed by atoms with Crippen LogP contribution in [0.5, 0.6) is 0 Å². The summed E-state index contributed by atoms with van der Waals surface area (Å²) in [6.45, 7) is 5.76. The molecule has 1 aromatic heterocycles. The zero-order valence-corrected chi connectivity index (χ0v) is 17.5. The molecule has 2 aliphatic heterocycles. The Morgan fingerprint density at radius 3 is 2.63 bits per heavy atom. The molecule has 2 saturated heterocycles. The van der Waals surface area contributed by atoms with Gasteiger partial charge in [-0.25, -0.2) is 4.98 Å². The molecule has 0 N–H and O–H groups in total. The van der Waals surface area contributed by atoms with Gasteiger partial charge in [-0.1, -0.05) is 29.8 Å². The number of aryl methyl sites for hydroxylation is 2. The van der Waals surface area contributed by atoms with Gasteiger partial charge in [-0.2, -0.15) is 0 Å². The molecule has 7 nitrogen and oxygen atoms in total. The summed E-state index contributed by atoms with van der Waals surface area (Å²) in [4.78, 5) is 33.5. The van der Waals surface area contributed by atoms with Gasteiger partial charge in [0.05, 0.1) is 25.3 Å². The van der Waals surface area contributed by atoms with Crippen LogP contribution in [0, 0.1) is 12.8 Å². The summed E-state index contributed by atoms with van der Waals surface area (Å²) >= 11 is 0. The molecule has 2 amide bonds. The first-order chi connectivity index (χ1) is 14.6. The molecule has 30 heavy (non-hydrogen) atoms. The smallest absolute Gasteiger partial charge is 0.227 e. The van der Waals surface area contributed by atoms with Crippen LogP contribution in [0.15, 0.2) is 34.9 Å². The Morgan fingerprint density at radius 1 is 1.10 bits per heavy atom. The largest absolute Gasteiger partial charge is 0.441 e. The summed E-state index contributed by atoms with van der Waals surface area (Å²) in [6.07, 6.45) is 4.22. The monoisotopic (exact) mass is 411 g/mol. The lowest BCUT2D eigenvalue weighted by molar-refractivity contribution is -0.144. The third kappa shape index (κ3) is 4.90. The minimum Gasteiger partial charge on any atom is -0.441 e. The predicted octanol–water partition coefficient (Wildman–Crippen LogP) is 2.68.